The smallest absolute Gasteiger partial charge is 0.333 e. The minimum absolute atomic E-state index is 0.0817. The molecule has 1 aromatic rings. The van der Waals surface area contributed by atoms with Crippen LogP contribution in [0.2, 0.25) is 0 Å². The summed E-state index contributed by atoms with van der Waals surface area (Å²) in [7, 11) is 0. The van der Waals surface area contributed by atoms with Gasteiger partial charge < -0.3 is 20.1 Å². The van der Waals surface area contributed by atoms with E-state index in [4.69, 9.17) is 9.47 Å². The molecule has 0 spiro atoms. The van der Waals surface area contributed by atoms with Crippen molar-refractivity contribution in [2.75, 3.05) is 41.9 Å². The molecule has 0 saturated carbocycles. The normalized spacial score (nSPS) is 10.1. The van der Waals surface area contributed by atoms with Gasteiger partial charge in [-0.25, -0.2) is 9.59 Å². The van der Waals surface area contributed by atoms with E-state index < -0.39 is 11.9 Å². The van der Waals surface area contributed by atoms with Gasteiger partial charge in [-0.1, -0.05) is 42.7 Å². The molecule has 0 unspecified atom stereocenters. The van der Waals surface area contributed by atoms with Crippen molar-refractivity contribution in [1.82, 2.24) is 0 Å². The summed E-state index contributed by atoms with van der Waals surface area (Å²) in [6.07, 6.45) is 0. The van der Waals surface area contributed by atoms with Crippen molar-refractivity contribution in [3.05, 3.63) is 48.1 Å². The molecule has 174 valence electrons. The van der Waals surface area contributed by atoms with Crippen LogP contribution in [0.25, 0.3) is 0 Å². The minimum atomic E-state index is -0.485. The van der Waals surface area contributed by atoms with Crippen molar-refractivity contribution in [2.24, 2.45) is 0 Å². The lowest BCUT2D eigenvalue weighted by atomic mass is 10.2. The Hall–Kier alpha value is -2.72. The van der Waals surface area contributed by atoms with Gasteiger partial charge in [0.2, 0.25) is 5.12 Å². The van der Waals surface area contributed by atoms with Gasteiger partial charge >= 0.3 is 11.9 Å². The minimum Gasteiger partial charge on any atom is -0.461 e. The van der Waals surface area contributed by atoms with E-state index in [2.05, 4.69) is 23.8 Å². The maximum absolute atomic E-state index is 12.1. The zero-order valence-electron chi connectivity index (χ0n) is 18.4. The molecule has 10 heteroatoms. The lowest BCUT2D eigenvalue weighted by Gasteiger charge is -2.12. The summed E-state index contributed by atoms with van der Waals surface area (Å²) in [6, 6.07) is 5.37. The monoisotopic (exact) mass is 480 g/mol. The highest BCUT2D eigenvalue weighted by atomic mass is 32.2. The topological polar surface area (TPSA) is 111 Å². The Kier molecular flexibility index (Phi) is 12.3. The molecule has 0 aliphatic carbocycles. The number of esters is 2. The Morgan fingerprint density at radius 1 is 0.938 bits per heavy atom. The number of ether oxygens (including phenoxy) is 2. The molecule has 8 nitrogen and oxygen atoms in total. The fourth-order valence-corrected chi connectivity index (χ4v) is 3.15. The maximum atomic E-state index is 12.1. The van der Waals surface area contributed by atoms with Crippen LogP contribution >= 0.6 is 23.5 Å². The lowest BCUT2D eigenvalue weighted by molar-refractivity contribution is -0.139. The number of carbonyl (C=O) groups excluding carboxylic acids is 4. The zero-order valence-corrected chi connectivity index (χ0v) is 20.1. The van der Waals surface area contributed by atoms with Crippen molar-refractivity contribution in [3.63, 3.8) is 0 Å². The van der Waals surface area contributed by atoms with Crippen LogP contribution in [0, 0.1) is 6.92 Å². The SMILES string of the molecule is C=C(C)C(=O)OCCSC(=O)CNc1ccc(C)c(NC(=O)SCCOC(=O)C(=C)C)c1. The van der Waals surface area contributed by atoms with Gasteiger partial charge in [-0.2, -0.15) is 0 Å². The zero-order chi connectivity index (χ0) is 24.1. The first-order valence-corrected chi connectivity index (χ1v) is 11.7. The van der Waals surface area contributed by atoms with Crippen molar-refractivity contribution in [1.29, 1.82) is 0 Å². The molecular formula is C22H28N2O6S2. The summed E-state index contributed by atoms with van der Waals surface area (Å²) in [5.74, 6) is -0.291. The Labute approximate surface area is 196 Å². The van der Waals surface area contributed by atoms with E-state index >= 15 is 0 Å². The summed E-state index contributed by atoms with van der Waals surface area (Å²) in [6.45, 7) is 12.3. The van der Waals surface area contributed by atoms with E-state index in [0.29, 0.717) is 34.0 Å². The molecule has 0 atom stereocenters. The van der Waals surface area contributed by atoms with Gasteiger partial charge in [0.05, 0.1) is 6.54 Å². The van der Waals surface area contributed by atoms with E-state index in [-0.39, 0.29) is 30.1 Å². The average Bonchev–Trinajstić information content (AvgIpc) is 2.74. The summed E-state index contributed by atoms with van der Waals surface area (Å²) < 4.78 is 9.88. The van der Waals surface area contributed by atoms with Crippen LogP contribution in [0.1, 0.15) is 19.4 Å². The van der Waals surface area contributed by atoms with E-state index in [1.165, 1.54) is 0 Å². The van der Waals surface area contributed by atoms with Crippen LogP contribution in [0.3, 0.4) is 0 Å². The molecule has 0 aromatic heterocycles. The van der Waals surface area contributed by atoms with E-state index in [0.717, 1.165) is 29.1 Å². The Bertz CT molecular complexity index is 885. The number of hydrogen-bond donors (Lipinski definition) is 2. The van der Waals surface area contributed by atoms with Crippen LogP contribution in [-0.2, 0) is 23.9 Å². The van der Waals surface area contributed by atoms with E-state index in [1.807, 2.05) is 19.1 Å². The number of carbonyl (C=O) groups is 4. The number of hydrogen-bond acceptors (Lipinski definition) is 9. The van der Waals surface area contributed by atoms with Crippen molar-refractivity contribution < 1.29 is 28.7 Å². The molecule has 32 heavy (non-hydrogen) atoms. The first-order valence-electron chi connectivity index (χ1n) is 9.69. The summed E-state index contributed by atoms with van der Waals surface area (Å²) in [4.78, 5) is 46.7. The van der Waals surface area contributed by atoms with E-state index in [1.54, 1.807) is 19.9 Å². The Morgan fingerprint density at radius 3 is 2.06 bits per heavy atom. The van der Waals surface area contributed by atoms with Crippen LogP contribution in [0.5, 0.6) is 0 Å². The molecule has 0 radical (unpaired) electrons. The highest BCUT2D eigenvalue weighted by molar-refractivity contribution is 8.14. The third-order valence-corrected chi connectivity index (χ3v) is 5.31. The van der Waals surface area contributed by atoms with Crippen molar-refractivity contribution >= 4 is 57.2 Å². The summed E-state index contributed by atoms with van der Waals surface area (Å²) in [5.41, 5.74) is 2.77. The van der Waals surface area contributed by atoms with Gasteiger partial charge in [0.15, 0.2) is 0 Å². The van der Waals surface area contributed by atoms with Crippen molar-refractivity contribution in [2.45, 2.75) is 20.8 Å². The first kappa shape index (κ1) is 27.3. The number of anilines is 2. The molecule has 0 saturated heterocycles. The molecule has 0 fully saturated rings. The van der Waals surface area contributed by atoms with Gasteiger partial charge in [0, 0.05) is 34.0 Å². The Morgan fingerprint density at radius 2 is 1.50 bits per heavy atom. The van der Waals surface area contributed by atoms with E-state index in [9.17, 15) is 19.2 Å². The number of rotatable bonds is 12. The summed E-state index contributed by atoms with van der Waals surface area (Å²) in [5, 5.41) is 5.41. The fourth-order valence-electron chi connectivity index (χ4n) is 2.04. The molecular weight excluding hydrogens is 452 g/mol. The second-order valence-corrected chi connectivity index (χ2v) is 8.92. The predicted octanol–water partition coefficient (Wildman–Crippen LogP) is 4.17. The number of nitrogens with one attached hydrogen (secondary N) is 2. The molecule has 2 N–H and O–H groups in total. The van der Waals surface area contributed by atoms with Crippen LogP contribution in [0.15, 0.2) is 42.5 Å². The third kappa shape index (κ3) is 11.1. The third-order valence-electron chi connectivity index (χ3n) is 3.74. The Balaban J connectivity index is 2.40. The largest absolute Gasteiger partial charge is 0.461 e. The number of amides is 1. The van der Waals surface area contributed by atoms with Gasteiger partial charge in [0.25, 0.3) is 5.24 Å². The highest BCUT2D eigenvalue weighted by Crippen LogP contribution is 2.22. The fraction of sp³-hybridized carbons (Fsp3) is 0.364. The highest BCUT2D eigenvalue weighted by Gasteiger charge is 2.10. The van der Waals surface area contributed by atoms with Gasteiger partial charge in [0.1, 0.15) is 13.2 Å². The lowest BCUT2D eigenvalue weighted by Crippen LogP contribution is -2.14. The molecule has 1 amide bonds. The molecule has 1 rings (SSSR count). The maximum Gasteiger partial charge on any atom is 0.333 e. The predicted molar refractivity (Wildman–Crippen MR) is 130 cm³/mol. The standard InChI is InChI=1S/C22H28N2O6S2/c1-14(2)20(26)29-8-10-31-19(25)13-23-17-7-6-16(5)18(12-17)24-22(28)32-11-9-30-21(27)15(3)4/h6-7,12,23H,1,3,8-11,13H2,2,4-5H3,(H,24,28). The number of benzene rings is 1. The molecule has 0 bridgehead atoms. The summed E-state index contributed by atoms with van der Waals surface area (Å²) >= 11 is 2.06. The number of aryl methyl sites for hydroxylation is 1. The second-order valence-electron chi connectivity index (χ2n) is 6.70. The number of thioether (sulfide) groups is 2. The first-order chi connectivity index (χ1) is 15.1. The van der Waals surface area contributed by atoms with Crippen LogP contribution in [-0.4, -0.2) is 53.6 Å². The van der Waals surface area contributed by atoms with Gasteiger partial charge in [-0.3, -0.25) is 9.59 Å². The second kappa shape index (κ2) is 14.4. The molecule has 0 aliphatic rings. The van der Waals surface area contributed by atoms with Crippen molar-refractivity contribution in [3.8, 4) is 0 Å². The molecule has 0 heterocycles. The average molecular weight is 481 g/mol. The molecule has 0 aliphatic heterocycles. The van der Waals surface area contributed by atoms with Gasteiger partial charge in [-0.15, -0.1) is 0 Å². The van der Waals surface area contributed by atoms with Gasteiger partial charge in [-0.05, 0) is 38.5 Å². The van der Waals surface area contributed by atoms with Crippen LogP contribution < -0.4 is 10.6 Å². The quantitative estimate of drug-likeness (QED) is 0.259. The molecule has 1 aromatic carbocycles. The van der Waals surface area contributed by atoms with Crippen LogP contribution in [0.4, 0.5) is 16.2 Å².